The van der Waals surface area contributed by atoms with Crippen LogP contribution in [0.25, 0.3) is 0 Å². The lowest BCUT2D eigenvalue weighted by atomic mass is 10.2. The zero-order valence-corrected chi connectivity index (χ0v) is 13.9. The largest absolute Gasteiger partial charge is 0.481 e. The second kappa shape index (κ2) is 6.10. The molecule has 6 nitrogen and oxygen atoms in total. The molecule has 1 aromatic heterocycles. The first-order valence-electron chi connectivity index (χ1n) is 5.90. The van der Waals surface area contributed by atoms with Crippen molar-refractivity contribution in [3.05, 3.63) is 15.4 Å². The summed E-state index contributed by atoms with van der Waals surface area (Å²) in [5.74, 6) is -0.996. The molecule has 0 aromatic carbocycles. The molecule has 1 saturated heterocycles. The van der Waals surface area contributed by atoms with Gasteiger partial charge in [-0.1, -0.05) is 0 Å². The van der Waals surface area contributed by atoms with Crippen LogP contribution in [0.2, 0.25) is 0 Å². The number of hydrogen-bond acceptors (Lipinski definition) is 5. The van der Waals surface area contributed by atoms with Gasteiger partial charge < -0.3 is 9.84 Å². The van der Waals surface area contributed by atoms with Crippen LogP contribution in [-0.2, 0) is 19.6 Å². The molecule has 0 amide bonds. The quantitative estimate of drug-likeness (QED) is 0.854. The van der Waals surface area contributed by atoms with Crippen molar-refractivity contribution in [2.75, 3.05) is 19.7 Å². The van der Waals surface area contributed by atoms with E-state index >= 15 is 0 Å². The van der Waals surface area contributed by atoms with E-state index in [1.807, 2.05) is 6.92 Å². The van der Waals surface area contributed by atoms with Crippen molar-refractivity contribution in [3.8, 4) is 0 Å². The van der Waals surface area contributed by atoms with E-state index in [1.165, 1.54) is 4.31 Å². The maximum atomic E-state index is 12.5. The summed E-state index contributed by atoms with van der Waals surface area (Å²) in [6.45, 7) is 2.35. The van der Waals surface area contributed by atoms with Crippen molar-refractivity contribution in [2.24, 2.45) is 0 Å². The van der Waals surface area contributed by atoms with E-state index in [0.717, 1.165) is 20.7 Å². The number of sulfonamides is 1. The van der Waals surface area contributed by atoms with Crippen molar-refractivity contribution >= 4 is 43.3 Å². The summed E-state index contributed by atoms with van der Waals surface area (Å²) in [7, 11) is -3.58. The van der Waals surface area contributed by atoms with E-state index in [-0.39, 0.29) is 30.3 Å². The molecule has 20 heavy (non-hydrogen) atoms. The van der Waals surface area contributed by atoms with Crippen LogP contribution in [0.3, 0.4) is 0 Å². The fourth-order valence-electron chi connectivity index (χ4n) is 1.91. The second-order valence-corrected chi connectivity index (χ2v) is 9.01. The average Bonchev–Trinajstić information content (AvgIpc) is 2.70. The van der Waals surface area contributed by atoms with E-state index in [2.05, 4.69) is 15.9 Å². The zero-order chi connectivity index (χ0) is 14.9. The molecule has 112 valence electrons. The summed E-state index contributed by atoms with van der Waals surface area (Å²) >= 11 is 4.47. The fourth-order valence-corrected chi connectivity index (χ4v) is 5.75. The van der Waals surface area contributed by atoms with Gasteiger partial charge in [-0.25, -0.2) is 8.42 Å². The van der Waals surface area contributed by atoms with Gasteiger partial charge >= 0.3 is 5.97 Å². The summed E-state index contributed by atoms with van der Waals surface area (Å²) in [6.07, 6.45) is -0.792. The number of rotatable bonds is 4. The minimum absolute atomic E-state index is 0.0726. The number of ether oxygens (including phenoxy) is 1. The van der Waals surface area contributed by atoms with Gasteiger partial charge in [-0.15, -0.1) is 11.3 Å². The number of morpholine rings is 1. The molecule has 0 bridgehead atoms. The van der Waals surface area contributed by atoms with Gasteiger partial charge in [0.15, 0.2) is 0 Å². The van der Waals surface area contributed by atoms with Gasteiger partial charge in [-0.3, -0.25) is 4.79 Å². The Labute approximate surface area is 129 Å². The average molecular weight is 384 g/mol. The molecule has 0 radical (unpaired) electrons. The molecule has 0 aliphatic carbocycles. The van der Waals surface area contributed by atoms with Gasteiger partial charge in [0.05, 0.1) is 22.9 Å². The Balaban J connectivity index is 2.19. The number of aliphatic carboxylic acids is 1. The van der Waals surface area contributed by atoms with Crippen LogP contribution in [-0.4, -0.2) is 49.6 Å². The number of aryl methyl sites for hydroxylation is 1. The predicted molar refractivity (Wildman–Crippen MR) is 77.5 cm³/mol. The Morgan fingerprint density at radius 2 is 2.35 bits per heavy atom. The lowest BCUT2D eigenvalue weighted by Gasteiger charge is -2.31. The Hall–Kier alpha value is -0.480. The van der Waals surface area contributed by atoms with Gasteiger partial charge in [0, 0.05) is 13.1 Å². The minimum Gasteiger partial charge on any atom is -0.481 e. The van der Waals surface area contributed by atoms with Crippen molar-refractivity contribution in [1.29, 1.82) is 0 Å². The summed E-state index contributed by atoms with van der Waals surface area (Å²) in [4.78, 5) is 10.7. The predicted octanol–water partition coefficient (Wildman–Crippen LogP) is 1.68. The molecular weight excluding hydrogens is 370 g/mol. The maximum Gasteiger partial charge on any atom is 0.306 e. The monoisotopic (exact) mass is 383 g/mol. The normalized spacial score (nSPS) is 21.0. The fraction of sp³-hybridized carbons (Fsp3) is 0.545. The topological polar surface area (TPSA) is 83.9 Å². The molecule has 1 aromatic rings. The molecule has 1 aliphatic heterocycles. The highest BCUT2D eigenvalue weighted by atomic mass is 79.9. The lowest BCUT2D eigenvalue weighted by Crippen LogP contribution is -2.45. The number of hydrogen-bond donors (Lipinski definition) is 1. The van der Waals surface area contributed by atoms with Crippen LogP contribution in [0.1, 0.15) is 12.0 Å². The number of nitrogens with zero attached hydrogens (tertiary/aromatic N) is 1. The third-order valence-electron chi connectivity index (χ3n) is 2.93. The number of carbonyl (C=O) groups is 1. The molecule has 2 rings (SSSR count). The first kappa shape index (κ1) is 15.9. The Kier molecular flexibility index (Phi) is 4.85. The minimum atomic E-state index is -3.58. The van der Waals surface area contributed by atoms with E-state index in [4.69, 9.17) is 9.84 Å². The van der Waals surface area contributed by atoms with Gasteiger partial charge in [0.25, 0.3) is 10.0 Å². The second-order valence-electron chi connectivity index (χ2n) is 4.48. The molecule has 1 fully saturated rings. The maximum absolute atomic E-state index is 12.5. The molecule has 1 atom stereocenters. The van der Waals surface area contributed by atoms with E-state index in [0.29, 0.717) is 0 Å². The number of carboxylic acids is 1. The van der Waals surface area contributed by atoms with Gasteiger partial charge in [0.1, 0.15) is 4.21 Å². The molecule has 1 unspecified atom stereocenters. The smallest absolute Gasteiger partial charge is 0.306 e. The Morgan fingerprint density at radius 3 is 2.90 bits per heavy atom. The van der Waals surface area contributed by atoms with Crippen LogP contribution < -0.4 is 0 Å². The third kappa shape index (κ3) is 3.40. The molecule has 1 aliphatic rings. The van der Waals surface area contributed by atoms with Crippen LogP contribution in [0.15, 0.2) is 14.1 Å². The molecule has 9 heteroatoms. The van der Waals surface area contributed by atoms with Gasteiger partial charge in [-0.2, -0.15) is 4.31 Å². The van der Waals surface area contributed by atoms with Crippen LogP contribution in [0.5, 0.6) is 0 Å². The summed E-state index contributed by atoms with van der Waals surface area (Å²) in [5.41, 5.74) is 0.865. The molecule has 2 heterocycles. The van der Waals surface area contributed by atoms with E-state index in [1.54, 1.807) is 6.07 Å². The Morgan fingerprint density at radius 1 is 1.65 bits per heavy atom. The van der Waals surface area contributed by atoms with E-state index < -0.39 is 22.1 Å². The molecule has 0 saturated carbocycles. The van der Waals surface area contributed by atoms with Gasteiger partial charge in [-0.05, 0) is 34.5 Å². The van der Waals surface area contributed by atoms with Crippen LogP contribution >= 0.6 is 27.3 Å². The highest BCUT2D eigenvalue weighted by Crippen LogP contribution is 2.32. The number of thiophene rings is 1. The van der Waals surface area contributed by atoms with Crippen LogP contribution in [0, 0.1) is 6.92 Å². The van der Waals surface area contributed by atoms with Crippen molar-refractivity contribution in [1.82, 2.24) is 4.31 Å². The first-order valence-corrected chi connectivity index (χ1v) is 8.95. The highest BCUT2D eigenvalue weighted by molar-refractivity contribution is 9.11. The third-order valence-corrected chi connectivity index (χ3v) is 7.38. The summed E-state index contributed by atoms with van der Waals surface area (Å²) in [6, 6.07) is 1.62. The summed E-state index contributed by atoms with van der Waals surface area (Å²) in [5, 5.41) is 8.76. The number of carboxylic acid groups (broad SMARTS) is 1. The van der Waals surface area contributed by atoms with Crippen molar-refractivity contribution in [3.63, 3.8) is 0 Å². The Bertz CT molecular complexity index is 593. The first-order chi connectivity index (χ1) is 9.30. The van der Waals surface area contributed by atoms with Crippen LogP contribution in [0.4, 0.5) is 0 Å². The zero-order valence-electron chi connectivity index (χ0n) is 10.7. The lowest BCUT2D eigenvalue weighted by molar-refractivity contribution is -0.141. The van der Waals surface area contributed by atoms with Gasteiger partial charge in [0.2, 0.25) is 0 Å². The molecule has 0 spiro atoms. The molecular formula is C11H14BrNO5S2. The summed E-state index contributed by atoms with van der Waals surface area (Å²) < 4.78 is 32.6. The van der Waals surface area contributed by atoms with E-state index in [9.17, 15) is 13.2 Å². The molecule has 1 N–H and O–H groups in total. The standard InChI is InChI=1S/C11H14BrNO5S2/c1-7-4-10(19-11(7)12)20(16,17)13-2-3-18-8(6-13)5-9(14)15/h4,8H,2-3,5-6H2,1H3,(H,14,15). The number of halogens is 1. The van der Waals surface area contributed by atoms with Crippen molar-refractivity contribution in [2.45, 2.75) is 23.7 Å². The SMILES string of the molecule is Cc1cc(S(=O)(=O)N2CCOC(CC(=O)O)C2)sc1Br. The van der Waals surface area contributed by atoms with Crippen molar-refractivity contribution < 1.29 is 23.1 Å². The highest BCUT2D eigenvalue weighted by Gasteiger charge is 2.33.